The lowest BCUT2D eigenvalue weighted by Crippen LogP contribution is -1.95. The van der Waals surface area contributed by atoms with E-state index in [0.717, 1.165) is 0 Å². The largest absolute Gasteiger partial charge is 0.508 e. The van der Waals surface area contributed by atoms with Crippen LogP contribution in [0.15, 0.2) is 12.1 Å². The maximum absolute atomic E-state index is 9.47. The number of hydrogen-bond donors (Lipinski definition) is 2. The van der Waals surface area contributed by atoms with E-state index in [4.69, 9.17) is 15.1 Å². The van der Waals surface area contributed by atoms with Crippen LogP contribution in [0.5, 0.6) is 11.5 Å². The van der Waals surface area contributed by atoms with Gasteiger partial charge in [-0.05, 0) is 18.1 Å². The molecule has 0 heterocycles. The summed E-state index contributed by atoms with van der Waals surface area (Å²) in [5.41, 5.74) is 0.901. The van der Waals surface area contributed by atoms with Gasteiger partial charge in [-0.2, -0.15) is 5.26 Å². The lowest BCUT2D eigenvalue weighted by Gasteiger charge is -2.07. The van der Waals surface area contributed by atoms with Gasteiger partial charge in [0.1, 0.15) is 17.6 Å². The van der Waals surface area contributed by atoms with Gasteiger partial charge >= 0.3 is 0 Å². The quantitative estimate of drug-likeness (QED) is 0.744. The standard InChI is InChI=1S/C10H11NO3/c1-14-10-5-9(13)7(2-3-12)4-8(10)6-11/h4-5,12-13H,2-3H2,1H3. The van der Waals surface area contributed by atoms with Crippen molar-refractivity contribution >= 4 is 0 Å². The minimum absolute atomic E-state index is 0.0369. The van der Waals surface area contributed by atoms with Crippen molar-refractivity contribution in [2.24, 2.45) is 0 Å². The summed E-state index contributed by atoms with van der Waals surface area (Å²) < 4.78 is 4.91. The molecular weight excluding hydrogens is 182 g/mol. The first-order valence-electron chi connectivity index (χ1n) is 4.13. The van der Waals surface area contributed by atoms with E-state index >= 15 is 0 Å². The lowest BCUT2D eigenvalue weighted by atomic mass is 10.1. The van der Waals surface area contributed by atoms with Crippen molar-refractivity contribution in [1.29, 1.82) is 5.26 Å². The highest BCUT2D eigenvalue weighted by atomic mass is 16.5. The van der Waals surface area contributed by atoms with Gasteiger partial charge in [0, 0.05) is 12.7 Å². The SMILES string of the molecule is COc1cc(O)c(CCO)cc1C#N. The molecule has 74 valence electrons. The van der Waals surface area contributed by atoms with Gasteiger partial charge in [0.25, 0.3) is 0 Å². The summed E-state index contributed by atoms with van der Waals surface area (Å²) in [6.07, 6.45) is 0.324. The fraction of sp³-hybridized carbons (Fsp3) is 0.300. The van der Waals surface area contributed by atoms with Crippen LogP contribution in [0.4, 0.5) is 0 Å². The summed E-state index contributed by atoms with van der Waals surface area (Å²) in [4.78, 5) is 0. The predicted molar refractivity (Wildman–Crippen MR) is 50.2 cm³/mol. The highest BCUT2D eigenvalue weighted by Gasteiger charge is 2.08. The Kier molecular flexibility index (Phi) is 3.32. The third-order valence-electron chi connectivity index (χ3n) is 1.90. The normalized spacial score (nSPS) is 9.50. The molecule has 0 amide bonds. The number of phenols is 1. The van der Waals surface area contributed by atoms with Crippen LogP contribution in [0, 0.1) is 11.3 Å². The van der Waals surface area contributed by atoms with Gasteiger partial charge < -0.3 is 14.9 Å². The predicted octanol–water partition coefficient (Wildman–Crippen LogP) is 0.807. The van der Waals surface area contributed by atoms with E-state index in [-0.39, 0.29) is 12.4 Å². The zero-order valence-corrected chi connectivity index (χ0v) is 7.82. The van der Waals surface area contributed by atoms with Crippen molar-refractivity contribution in [2.75, 3.05) is 13.7 Å². The van der Waals surface area contributed by atoms with Crippen LogP contribution in [0.1, 0.15) is 11.1 Å². The molecule has 1 rings (SSSR count). The Morgan fingerprint density at radius 3 is 2.71 bits per heavy atom. The maximum Gasteiger partial charge on any atom is 0.140 e. The number of phenolic OH excluding ortho intramolecular Hbond substituents is 1. The monoisotopic (exact) mass is 193 g/mol. The van der Waals surface area contributed by atoms with Crippen LogP contribution in [0.2, 0.25) is 0 Å². The highest BCUT2D eigenvalue weighted by Crippen LogP contribution is 2.27. The van der Waals surface area contributed by atoms with Crippen molar-refractivity contribution in [1.82, 2.24) is 0 Å². The molecule has 0 bridgehead atoms. The Hall–Kier alpha value is -1.73. The number of aliphatic hydroxyl groups is 1. The van der Waals surface area contributed by atoms with Crippen molar-refractivity contribution in [3.05, 3.63) is 23.3 Å². The molecule has 14 heavy (non-hydrogen) atoms. The van der Waals surface area contributed by atoms with Gasteiger partial charge in [0.15, 0.2) is 0 Å². The van der Waals surface area contributed by atoms with E-state index in [1.54, 1.807) is 0 Å². The average molecular weight is 193 g/mol. The maximum atomic E-state index is 9.47. The number of methoxy groups -OCH3 is 1. The zero-order chi connectivity index (χ0) is 10.6. The summed E-state index contributed by atoms with van der Waals surface area (Å²) in [7, 11) is 1.43. The first kappa shape index (κ1) is 10.4. The summed E-state index contributed by atoms with van der Waals surface area (Å²) in [6, 6.07) is 4.85. The molecule has 0 atom stereocenters. The smallest absolute Gasteiger partial charge is 0.140 e. The van der Waals surface area contributed by atoms with Crippen LogP contribution in [-0.2, 0) is 6.42 Å². The summed E-state index contributed by atoms with van der Waals surface area (Å²) in [5, 5.41) is 26.9. The Morgan fingerprint density at radius 2 is 2.21 bits per heavy atom. The van der Waals surface area contributed by atoms with Crippen LogP contribution in [-0.4, -0.2) is 23.9 Å². The molecule has 0 aliphatic heterocycles. The van der Waals surface area contributed by atoms with Gasteiger partial charge in [-0.15, -0.1) is 0 Å². The van der Waals surface area contributed by atoms with Crippen molar-refractivity contribution in [2.45, 2.75) is 6.42 Å². The Labute approximate surface area is 82.0 Å². The second-order valence-corrected chi connectivity index (χ2v) is 2.77. The van der Waals surface area contributed by atoms with Gasteiger partial charge in [-0.1, -0.05) is 0 Å². The Balaban J connectivity index is 3.18. The number of benzene rings is 1. The summed E-state index contributed by atoms with van der Waals surface area (Å²) in [5.74, 6) is 0.376. The molecule has 0 aliphatic rings. The van der Waals surface area contributed by atoms with E-state index in [1.807, 2.05) is 6.07 Å². The molecule has 0 fully saturated rings. The molecule has 4 nitrogen and oxygen atoms in total. The fourth-order valence-corrected chi connectivity index (χ4v) is 1.19. The van der Waals surface area contributed by atoms with Crippen LogP contribution in [0.3, 0.4) is 0 Å². The zero-order valence-electron chi connectivity index (χ0n) is 7.82. The molecule has 0 spiro atoms. The van der Waals surface area contributed by atoms with E-state index in [1.165, 1.54) is 19.2 Å². The molecule has 0 saturated heterocycles. The molecule has 2 N–H and O–H groups in total. The third kappa shape index (κ3) is 1.95. The number of ether oxygens (including phenoxy) is 1. The molecule has 1 aromatic carbocycles. The van der Waals surface area contributed by atoms with Gasteiger partial charge in [-0.3, -0.25) is 0 Å². The highest BCUT2D eigenvalue weighted by molar-refractivity contribution is 5.51. The molecule has 0 radical (unpaired) electrons. The van der Waals surface area contributed by atoms with Gasteiger partial charge in [-0.25, -0.2) is 0 Å². The topological polar surface area (TPSA) is 73.5 Å². The lowest BCUT2D eigenvalue weighted by molar-refractivity contribution is 0.297. The van der Waals surface area contributed by atoms with Crippen LogP contribution >= 0.6 is 0 Å². The van der Waals surface area contributed by atoms with E-state index in [0.29, 0.717) is 23.3 Å². The van der Waals surface area contributed by atoms with Crippen molar-refractivity contribution in [3.63, 3.8) is 0 Å². The second kappa shape index (κ2) is 4.49. The molecule has 0 aliphatic carbocycles. The molecular formula is C10H11NO3. The minimum Gasteiger partial charge on any atom is -0.508 e. The summed E-state index contributed by atoms with van der Waals surface area (Å²) in [6.45, 7) is -0.0647. The molecule has 0 unspecified atom stereocenters. The number of nitriles is 1. The average Bonchev–Trinajstić information content (AvgIpc) is 2.20. The van der Waals surface area contributed by atoms with Crippen molar-refractivity contribution < 1.29 is 14.9 Å². The first-order valence-corrected chi connectivity index (χ1v) is 4.13. The Bertz CT molecular complexity index is 368. The number of rotatable bonds is 3. The van der Waals surface area contributed by atoms with E-state index in [2.05, 4.69) is 0 Å². The summed E-state index contributed by atoms with van der Waals surface area (Å²) >= 11 is 0. The fourth-order valence-electron chi connectivity index (χ4n) is 1.19. The number of hydrogen-bond acceptors (Lipinski definition) is 4. The number of nitrogens with zero attached hydrogens (tertiary/aromatic N) is 1. The molecule has 4 heteroatoms. The van der Waals surface area contributed by atoms with E-state index < -0.39 is 0 Å². The number of aromatic hydroxyl groups is 1. The van der Waals surface area contributed by atoms with E-state index in [9.17, 15) is 5.11 Å². The van der Waals surface area contributed by atoms with Gasteiger partial charge in [0.05, 0.1) is 12.7 Å². The van der Waals surface area contributed by atoms with Crippen LogP contribution in [0.25, 0.3) is 0 Å². The third-order valence-corrected chi connectivity index (χ3v) is 1.90. The number of aliphatic hydroxyl groups excluding tert-OH is 1. The second-order valence-electron chi connectivity index (χ2n) is 2.77. The minimum atomic E-state index is -0.0647. The van der Waals surface area contributed by atoms with Crippen LogP contribution < -0.4 is 4.74 Å². The molecule has 1 aromatic rings. The van der Waals surface area contributed by atoms with Crippen molar-refractivity contribution in [3.8, 4) is 17.6 Å². The van der Waals surface area contributed by atoms with Gasteiger partial charge in [0.2, 0.25) is 0 Å². The Morgan fingerprint density at radius 1 is 1.50 bits per heavy atom. The molecule has 0 saturated carbocycles. The molecule has 0 aromatic heterocycles. The first-order chi connectivity index (χ1) is 6.72.